The van der Waals surface area contributed by atoms with Crippen molar-refractivity contribution in [1.82, 2.24) is 20.1 Å². The highest BCUT2D eigenvalue weighted by molar-refractivity contribution is 7.15. The molecule has 1 fully saturated rings. The molecule has 1 amide bonds. The summed E-state index contributed by atoms with van der Waals surface area (Å²) < 4.78 is 5.15. The Hall–Kier alpha value is -2.84. The molecule has 7 nitrogen and oxygen atoms in total. The minimum atomic E-state index is -0.0291. The van der Waals surface area contributed by atoms with Gasteiger partial charge < -0.3 is 15.0 Å². The molecule has 0 bridgehead atoms. The molecule has 2 aromatic heterocycles. The average Bonchev–Trinajstić information content (AvgIpc) is 3.44. The molecule has 1 aromatic carbocycles. The van der Waals surface area contributed by atoms with Gasteiger partial charge in [-0.25, -0.2) is 4.98 Å². The van der Waals surface area contributed by atoms with Gasteiger partial charge in [-0.2, -0.15) is 0 Å². The highest BCUT2D eigenvalue weighted by Crippen LogP contribution is 2.33. The number of carbonyl (C=O) groups excluding carboxylic acids is 1. The number of pyridine rings is 1. The second-order valence-electron chi connectivity index (χ2n) is 7.21. The van der Waals surface area contributed by atoms with E-state index >= 15 is 0 Å². The molecule has 1 atom stereocenters. The lowest BCUT2D eigenvalue weighted by atomic mass is 10.1. The predicted molar refractivity (Wildman–Crippen MR) is 117 cm³/mol. The van der Waals surface area contributed by atoms with Crippen LogP contribution in [-0.2, 0) is 17.8 Å². The topological polar surface area (TPSA) is 80.2 Å². The Balaban J connectivity index is 1.50. The maximum absolute atomic E-state index is 13.1. The van der Waals surface area contributed by atoms with Crippen LogP contribution in [0.3, 0.4) is 0 Å². The van der Waals surface area contributed by atoms with Crippen LogP contribution in [0.15, 0.2) is 42.5 Å². The molecule has 3 aromatic rings. The Kier molecular flexibility index (Phi) is 6.35. The average molecular weight is 424 g/mol. The molecule has 3 heterocycles. The third kappa shape index (κ3) is 4.49. The number of ether oxygens (including phenoxy) is 1. The quantitative estimate of drug-likeness (QED) is 0.608. The van der Waals surface area contributed by atoms with E-state index in [1.165, 1.54) is 11.3 Å². The number of carbonyl (C=O) groups is 1. The number of hydrogen-bond donors (Lipinski definition) is 1. The van der Waals surface area contributed by atoms with E-state index in [-0.39, 0.29) is 11.9 Å². The molecule has 156 valence electrons. The van der Waals surface area contributed by atoms with Gasteiger partial charge in [0.15, 0.2) is 0 Å². The minimum absolute atomic E-state index is 0.0291. The first-order chi connectivity index (χ1) is 14.7. The molecule has 1 N–H and O–H groups in total. The number of rotatable bonds is 7. The van der Waals surface area contributed by atoms with Crippen LogP contribution in [0.5, 0.6) is 0 Å². The Bertz CT molecular complexity index is 1000. The molecule has 4 rings (SSSR count). The van der Waals surface area contributed by atoms with E-state index in [0.717, 1.165) is 53.0 Å². The molecular formula is C22H25N5O2S. The van der Waals surface area contributed by atoms with Crippen molar-refractivity contribution in [3.05, 3.63) is 64.3 Å². The number of aryl methyl sites for hydroxylation is 1. The smallest absolute Gasteiger partial charge is 0.254 e. The van der Waals surface area contributed by atoms with Crippen LogP contribution >= 0.6 is 11.3 Å². The van der Waals surface area contributed by atoms with E-state index < -0.39 is 0 Å². The number of nitrogens with one attached hydrogen (secondary N) is 1. The van der Waals surface area contributed by atoms with Gasteiger partial charge in [-0.15, -0.1) is 10.2 Å². The first kappa shape index (κ1) is 20.4. The van der Waals surface area contributed by atoms with E-state index in [4.69, 9.17) is 9.72 Å². The summed E-state index contributed by atoms with van der Waals surface area (Å²) >= 11 is 1.53. The molecule has 0 radical (unpaired) electrons. The van der Waals surface area contributed by atoms with Crippen molar-refractivity contribution >= 4 is 28.2 Å². The van der Waals surface area contributed by atoms with Gasteiger partial charge in [-0.05, 0) is 49.1 Å². The Morgan fingerprint density at radius 3 is 2.80 bits per heavy atom. The summed E-state index contributed by atoms with van der Waals surface area (Å²) in [6.07, 6.45) is 2.73. The minimum Gasteiger partial charge on any atom is -0.380 e. The first-order valence-corrected chi connectivity index (χ1v) is 10.9. The Labute approximate surface area is 180 Å². The summed E-state index contributed by atoms with van der Waals surface area (Å²) in [6.45, 7) is 3.33. The fraction of sp³-hybridized carbons (Fsp3) is 0.364. The highest BCUT2D eigenvalue weighted by atomic mass is 32.1. The number of likely N-dealkylation sites (tertiary alicyclic amines) is 1. The van der Waals surface area contributed by atoms with Crippen molar-refractivity contribution in [3.8, 4) is 0 Å². The number of amides is 1. The third-order valence-electron chi connectivity index (χ3n) is 5.14. The molecule has 0 aliphatic carbocycles. The van der Waals surface area contributed by atoms with E-state index in [2.05, 4.69) is 22.4 Å². The van der Waals surface area contributed by atoms with Gasteiger partial charge in [0.1, 0.15) is 10.8 Å². The van der Waals surface area contributed by atoms with E-state index in [1.807, 2.05) is 47.4 Å². The van der Waals surface area contributed by atoms with Crippen LogP contribution in [0.2, 0.25) is 0 Å². The molecule has 8 heteroatoms. The lowest BCUT2D eigenvalue weighted by Gasteiger charge is -2.25. The van der Waals surface area contributed by atoms with Gasteiger partial charge >= 0.3 is 0 Å². The largest absolute Gasteiger partial charge is 0.380 e. The lowest BCUT2D eigenvalue weighted by Crippen LogP contribution is -2.31. The zero-order valence-corrected chi connectivity index (χ0v) is 18.0. The summed E-state index contributed by atoms with van der Waals surface area (Å²) in [6, 6.07) is 13.5. The highest BCUT2D eigenvalue weighted by Gasteiger charge is 2.31. The predicted octanol–water partition coefficient (Wildman–Crippen LogP) is 4.36. The van der Waals surface area contributed by atoms with Crippen molar-refractivity contribution in [2.24, 2.45) is 0 Å². The van der Waals surface area contributed by atoms with Crippen LogP contribution in [0.25, 0.3) is 0 Å². The second kappa shape index (κ2) is 9.32. The second-order valence-corrected chi connectivity index (χ2v) is 8.28. The van der Waals surface area contributed by atoms with Gasteiger partial charge in [-0.1, -0.05) is 36.5 Å². The summed E-state index contributed by atoms with van der Waals surface area (Å²) in [5.41, 5.74) is 2.63. The van der Waals surface area contributed by atoms with Crippen LogP contribution in [0.1, 0.15) is 52.4 Å². The Morgan fingerprint density at radius 2 is 2.07 bits per heavy atom. The molecule has 0 saturated carbocycles. The maximum Gasteiger partial charge on any atom is 0.254 e. The van der Waals surface area contributed by atoms with Crippen molar-refractivity contribution in [1.29, 1.82) is 0 Å². The number of benzene rings is 1. The molecule has 0 spiro atoms. The lowest BCUT2D eigenvalue weighted by molar-refractivity contribution is 0.0733. The monoisotopic (exact) mass is 423 g/mol. The summed E-state index contributed by atoms with van der Waals surface area (Å²) in [4.78, 5) is 19.8. The first-order valence-electron chi connectivity index (χ1n) is 10.1. The number of anilines is 2. The van der Waals surface area contributed by atoms with E-state index in [9.17, 15) is 4.79 Å². The number of hydrogen-bond acceptors (Lipinski definition) is 7. The van der Waals surface area contributed by atoms with Gasteiger partial charge in [0, 0.05) is 19.2 Å². The zero-order valence-electron chi connectivity index (χ0n) is 17.2. The number of aromatic nitrogens is 3. The van der Waals surface area contributed by atoms with Crippen molar-refractivity contribution in [2.75, 3.05) is 19.0 Å². The zero-order chi connectivity index (χ0) is 20.9. The molecule has 0 unspecified atom stereocenters. The fourth-order valence-electron chi connectivity index (χ4n) is 3.66. The molecule has 30 heavy (non-hydrogen) atoms. The number of nitrogens with zero attached hydrogens (tertiary/aromatic N) is 4. The van der Waals surface area contributed by atoms with E-state index in [1.54, 1.807) is 7.11 Å². The maximum atomic E-state index is 13.1. The third-order valence-corrected chi connectivity index (χ3v) is 6.12. The van der Waals surface area contributed by atoms with Gasteiger partial charge in [0.2, 0.25) is 5.13 Å². The summed E-state index contributed by atoms with van der Waals surface area (Å²) in [7, 11) is 1.66. The van der Waals surface area contributed by atoms with Crippen molar-refractivity contribution < 1.29 is 9.53 Å². The summed E-state index contributed by atoms with van der Waals surface area (Å²) in [5.74, 6) is 0.757. The molecule has 1 aliphatic heterocycles. The summed E-state index contributed by atoms with van der Waals surface area (Å²) in [5, 5.41) is 13.2. The van der Waals surface area contributed by atoms with Gasteiger partial charge in [0.25, 0.3) is 5.91 Å². The molecule has 1 saturated heterocycles. The fourth-order valence-corrected chi connectivity index (χ4v) is 4.34. The normalized spacial score (nSPS) is 16.1. The van der Waals surface area contributed by atoms with Crippen LogP contribution in [0, 0.1) is 0 Å². The van der Waals surface area contributed by atoms with E-state index in [0.29, 0.717) is 12.2 Å². The van der Waals surface area contributed by atoms with Crippen LogP contribution in [0.4, 0.5) is 10.9 Å². The van der Waals surface area contributed by atoms with Gasteiger partial charge in [-0.3, -0.25) is 4.79 Å². The molecular weight excluding hydrogens is 398 g/mol. The van der Waals surface area contributed by atoms with Gasteiger partial charge in [0.05, 0.1) is 18.3 Å². The van der Waals surface area contributed by atoms with Crippen LogP contribution < -0.4 is 5.32 Å². The van der Waals surface area contributed by atoms with Crippen LogP contribution in [-0.4, -0.2) is 39.6 Å². The Morgan fingerprint density at radius 1 is 1.23 bits per heavy atom. The number of methoxy groups -OCH3 is 1. The van der Waals surface area contributed by atoms with Crippen molar-refractivity contribution in [3.63, 3.8) is 0 Å². The standard InChI is InChI=1S/C22H25N5O2S/c1-3-20-25-26-22(30-20)24-19-8-4-6-17(23-19)18-7-5-13-27(18)21(28)16-11-9-15(10-12-16)14-29-2/h4,6,8-12,18H,3,5,7,13-14H2,1-2H3,(H,23,24,26)/t18-/m0/s1. The van der Waals surface area contributed by atoms with Crippen molar-refractivity contribution in [2.45, 2.75) is 38.8 Å². The SMILES string of the molecule is CCc1nnc(Nc2cccc([C@@H]3CCCN3C(=O)c3ccc(COC)cc3)n2)s1. The molecule has 1 aliphatic rings.